The predicted octanol–water partition coefficient (Wildman–Crippen LogP) is 2.90. The quantitative estimate of drug-likeness (QED) is 0.881. The number of anilines is 1. The Bertz CT molecular complexity index is 630. The molecule has 1 fully saturated rings. The molecule has 0 unspecified atom stereocenters. The third kappa shape index (κ3) is 4.03. The van der Waals surface area contributed by atoms with Gasteiger partial charge in [0, 0.05) is 30.2 Å². The summed E-state index contributed by atoms with van der Waals surface area (Å²) in [6, 6.07) is 5.77. The van der Waals surface area contributed by atoms with Crippen molar-refractivity contribution in [3.05, 3.63) is 29.3 Å². The Morgan fingerprint density at radius 2 is 1.91 bits per heavy atom. The van der Waals surface area contributed by atoms with E-state index in [0.29, 0.717) is 12.5 Å². The van der Waals surface area contributed by atoms with Crippen LogP contribution in [0.4, 0.5) is 10.5 Å². The monoisotopic (exact) mass is 315 g/mol. The third-order valence-corrected chi connectivity index (χ3v) is 4.20. The highest BCUT2D eigenvalue weighted by Crippen LogP contribution is 2.33. The molecular weight excluding hydrogens is 290 g/mol. The number of fused-ring (bicyclic) bond motifs is 1. The van der Waals surface area contributed by atoms with E-state index in [2.05, 4.69) is 16.7 Å². The van der Waals surface area contributed by atoms with Crippen molar-refractivity contribution in [2.75, 3.05) is 11.9 Å². The average Bonchev–Trinajstić information content (AvgIpc) is 3.28. The van der Waals surface area contributed by atoms with Gasteiger partial charge in [-0.3, -0.25) is 4.79 Å². The first kappa shape index (κ1) is 15.8. The summed E-state index contributed by atoms with van der Waals surface area (Å²) in [5.74, 6) is 0.551. The minimum atomic E-state index is -0.272. The molecule has 1 aromatic carbocycles. The first-order chi connectivity index (χ1) is 10.8. The number of hydrogen-bond acceptors (Lipinski definition) is 2. The third-order valence-electron chi connectivity index (χ3n) is 4.20. The normalized spacial score (nSPS) is 17.4. The number of carbonyl (C=O) groups excluding carboxylic acids is 2. The lowest BCUT2D eigenvalue weighted by Gasteiger charge is -2.29. The van der Waals surface area contributed by atoms with Crippen molar-refractivity contribution in [1.29, 1.82) is 0 Å². The van der Waals surface area contributed by atoms with Gasteiger partial charge >= 0.3 is 6.03 Å². The van der Waals surface area contributed by atoms with Crippen molar-refractivity contribution in [1.82, 2.24) is 10.2 Å². The van der Waals surface area contributed by atoms with Crippen LogP contribution in [0.15, 0.2) is 18.2 Å². The molecule has 1 aliphatic carbocycles. The number of benzene rings is 1. The fourth-order valence-electron chi connectivity index (χ4n) is 2.91. The molecule has 1 aliphatic heterocycles. The molecule has 0 spiro atoms. The molecule has 0 atom stereocenters. The highest BCUT2D eigenvalue weighted by atomic mass is 16.2. The van der Waals surface area contributed by atoms with Crippen LogP contribution in [0.3, 0.4) is 0 Å². The number of rotatable bonds is 2. The van der Waals surface area contributed by atoms with Crippen molar-refractivity contribution in [3.8, 4) is 0 Å². The molecule has 1 saturated carbocycles. The summed E-state index contributed by atoms with van der Waals surface area (Å²) in [5.41, 5.74) is 2.91. The van der Waals surface area contributed by atoms with Gasteiger partial charge in [0.2, 0.25) is 5.91 Å². The molecule has 2 aliphatic rings. The summed E-state index contributed by atoms with van der Waals surface area (Å²) < 4.78 is 0. The maximum atomic E-state index is 12.2. The largest absolute Gasteiger partial charge is 0.338 e. The zero-order valence-electron chi connectivity index (χ0n) is 14.1. The van der Waals surface area contributed by atoms with Gasteiger partial charge in [-0.2, -0.15) is 0 Å². The van der Waals surface area contributed by atoms with Gasteiger partial charge in [-0.15, -0.1) is 0 Å². The Balaban J connectivity index is 1.68. The summed E-state index contributed by atoms with van der Waals surface area (Å²) >= 11 is 0. The van der Waals surface area contributed by atoms with E-state index in [9.17, 15) is 9.59 Å². The molecule has 3 rings (SSSR count). The zero-order chi connectivity index (χ0) is 16.6. The molecule has 5 heteroatoms. The van der Waals surface area contributed by atoms with Gasteiger partial charge in [0.15, 0.2) is 0 Å². The van der Waals surface area contributed by atoms with E-state index in [1.54, 1.807) is 0 Å². The summed E-state index contributed by atoms with van der Waals surface area (Å²) in [6.07, 6.45) is 2.97. The molecule has 0 aromatic heterocycles. The van der Waals surface area contributed by atoms with Crippen molar-refractivity contribution >= 4 is 17.6 Å². The second kappa shape index (κ2) is 5.87. The van der Waals surface area contributed by atoms with Crippen molar-refractivity contribution in [2.45, 2.75) is 52.1 Å². The number of hydrogen-bond donors (Lipinski definition) is 2. The summed E-state index contributed by atoms with van der Waals surface area (Å²) in [5, 5.41) is 5.76. The van der Waals surface area contributed by atoms with Crippen LogP contribution in [-0.4, -0.2) is 28.9 Å². The number of amides is 3. The molecule has 0 radical (unpaired) electrons. The van der Waals surface area contributed by atoms with E-state index in [0.717, 1.165) is 37.1 Å². The Labute approximate surface area is 137 Å². The second-order valence-corrected chi connectivity index (χ2v) is 7.60. The van der Waals surface area contributed by atoms with Crippen LogP contribution in [0, 0.1) is 5.92 Å². The van der Waals surface area contributed by atoms with E-state index in [1.165, 1.54) is 5.56 Å². The standard InChI is InChI=1S/C18H25N3O2/c1-18(2,3)20-17(23)19-15-7-6-12-8-9-21(11-14(12)10-15)16(22)13-4-5-13/h6-7,10,13H,4-5,8-9,11H2,1-3H3,(H2,19,20,23). The van der Waals surface area contributed by atoms with Gasteiger partial charge < -0.3 is 15.5 Å². The lowest BCUT2D eigenvalue weighted by atomic mass is 9.98. The number of nitrogens with one attached hydrogen (secondary N) is 2. The first-order valence-corrected chi connectivity index (χ1v) is 8.31. The van der Waals surface area contributed by atoms with E-state index in [1.807, 2.05) is 37.8 Å². The highest BCUT2D eigenvalue weighted by molar-refractivity contribution is 5.90. The molecule has 2 N–H and O–H groups in total. The number of urea groups is 1. The van der Waals surface area contributed by atoms with Crippen LogP contribution in [0.25, 0.3) is 0 Å². The van der Waals surface area contributed by atoms with Gasteiger partial charge in [0.25, 0.3) is 0 Å². The second-order valence-electron chi connectivity index (χ2n) is 7.60. The molecule has 3 amide bonds. The van der Waals surface area contributed by atoms with Crippen LogP contribution in [0.2, 0.25) is 0 Å². The molecule has 124 valence electrons. The topological polar surface area (TPSA) is 61.4 Å². The number of nitrogens with zero attached hydrogens (tertiary/aromatic N) is 1. The van der Waals surface area contributed by atoms with Crippen LogP contribution in [-0.2, 0) is 17.8 Å². The zero-order valence-corrected chi connectivity index (χ0v) is 14.1. The smallest absolute Gasteiger partial charge is 0.319 e. The Kier molecular flexibility index (Phi) is 4.04. The summed E-state index contributed by atoms with van der Waals surface area (Å²) in [7, 11) is 0. The maximum absolute atomic E-state index is 12.2. The van der Waals surface area contributed by atoms with E-state index >= 15 is 0 Å². The molecular formula is C18H25N3O2. The fourth-order valence-corrected chi connectivity index (χ4v) is 2.91. The van der Waals surface area contributed by atoms with Gasteiger partial charge in [0.05, 0.1) is 0 Å². The first-order valence-electron chi connectivity index (χ1n) is 8.31. The highest BCUT2D eigenvalue weighted by Gasteiger charge is 2.34. The molecule has 0 saturated heterocycles. The van der Waals surface area contributed by atoms with Crippen LogP contribution >= 0.6 is 0 Å². The van der Waals surface area contributed by atoms with Crippen LogP contribution in [0.1, 0.15) is 44.7 Å². The Morgan fingerprint density at radius 1 is 1.17 bits per heavy atom. The van der Waals surface area contributed by atoms with Gasteiger partial charge in [-0.25, -0.2) is 4.79 Å². The lowest BCUT2D eigenvalue weighted by molar-refractivity contribution is -0.133. The van der Waals surface area contributed by atoms with Crippen molar-refractivity contribution in [2.24, 2.45) is 5.92 Å². The maximum Gasteiger partial charge on any atom is 0.319 e. The molecule has 5 nitrogen and oxygen atoms in total. The predicted molar refractivity (Wildman–Crippen MR) is 90.2 cm³/mol. The average molecular weight is 315 g/mol. The Hall–Kier alpha value is -2.04. The fraction of sp³-hybridized carbons (Fsp3) is 0.556. The minimum absolute atomic E-state index is 0.209. The molecule has 1 aromatic rings. The van der Waals surface area contributed by atoms with Gasteiger partial charge in [-0.1, -0.05) is 6.07 Å². The molecule has 0 bridgehead atoms. The molecule has 23 heavy (non-hydrogen) atoms. The van der Waals surface area contributed by atoms with E-state index < -0.39 is 0 Å². The minimum Gasteiger partial charge on any atom is -0.338 e. The SMILES string of the molecule is CC(C)(C)NC(=O)Nc1ccc2c(c1)CN(C(=O)C1CC1)CC2. The summed E-state index contributed by atoms with van der Waals surface area (Å²) in [6.45, 7) is 7.29. The van der Waals surface area contributed by atoms with E-state index in [-0.39, 0.29) is 17.5 Å². The van der Waals surface area contributed by atoms with Crippen molar-refractivity contribution < 1.29 is 9.59 Å². The van der Waals surface area contributed by atoms with Crippen molar-refractivity contribution in [3.63, 3.8) is 0 Å². The Morgan fingerprint density at radius 3 is 2.57 bits per heavy atom. The van der Waals surface area contributed by atoms with Crippen LogP contribution in [0.5, 0.6) is 0 Å². The van der Waals surface area contributed by atoms with Crippen LogP contribution < -0.4 is 10.6 Å². The number of carbonyl (C=O) groups is 2. The van der Waals surface area contributed by atoms with Gasteiger partial charge in [-0.05, 0) is 63.3 Å². The van der Waals surface area contributed by atoms with Gasteiger partial charge in [0.1, 0.15) is 0 Å². The lowest BCUT2D eigenvalue weighted by Crippen LogP contribution is -2.43. The summed E-state index contributed by atoms with van der Waals surface area (Å²) in [4.78, 5) is 26.2. The van der Waals surface area contributed by atoms with E-state index in [4.69, 9.17) is 0 Å². The molecule has 1 heterocycles.